The van der Waals surface area contributed by atoms with Crippen molar-refractivity contribution in [2.45, 2.75) is 12.1 Å². The molecule has 1 heterocycles. The summed E-state index contributed by atoms with van der Waals surface area (Å²) in [4.78, 5) is 23.6. The summed E-state index contributed by atoms with van der Waals surface area (Å²) in [5.41, 5.74) is 3.92. The second kappa shape index (κ2) is 12.2. The van der Waals surface area contributed by atoms with E-state index in [4.69, 9.17) is 14.2 Å². The summed E-state index contributed by atoms with van der Waals surface area (Å²) in [5, 5.41) is 16.0. The van der Waals surface area contributed by atoms with E-state index in [1.807, 2.05) is 30.3 Å². The fraction of sp³-hybridized carbons (Fsp3) is 0.238. The highest BCUT2D eigenvalue weighted by atomic mass is 32.2. The topological polar surface area (TPSA) is 130 Å². The first-order chi connectivity index (χ1) is 16.1. The molecule has 2 aromatic carbocycles. The standard InChI is InChI=1S/C21H22N6O5S/c1-3-31-20(29)13-32-17-10-9-15(11-18(17)30-2)12-22-23-19(28)14-33-21-24-25-26-27(21)16-7-5-4-6-8-16/h4-12H,3,13-14H2,1-2H3,(H,23,28). The molecule has 0 saturated carbocycles. The van der Waals surface area contributed by atoms with Crippen LogP contribution in [0.15, 0.2) is 58.8 Å². The maximum absolute atomic E-state index is 12.1. The first-order valence-electron chi connectivity index (χ1n) is 9.85. The lowest BCUT2D eigenvalue weighted by Crippen LogP contribution is -2.20. The number of hydrogen-bond acceptors (Lipinski definition) is 10. The number of hydrogen-bond donors (Lipinski definition) is 1. The van der Waals surface area contributed by atoms with Crippen LogP contribution >= 0.6 is 11.8 Å². The Kier molecular flexibility index (Phi) is 8.77. The molecular weight excluding hydrogens is 448 g/mol. The maximum atomic E-state index is 12.1. The molecule has 0 aliphatic rings. The van der Waals surface area contributed by atoms with Crippen molar-refractivity contribution in [1.29, 1.82) is 0 Å². The molecule has 0 unspecified atom stereocenters. The first-order valence-corrected chi connectivity index (χ1v) is 10.8. The van der Waals surface area contributed by atoms with Gasteiger partial charge in [-0.05, 0) is 53.2 Å². The predicted molar refractivity (Wildman–Crippen MR) is 121 cm³/mol. The molecule has 1 N–H and O–H groups in total. The Morgan fingerprint density at radius 2 is 2.00 bits per heavy atom. The number of esters is 1. The highest BCUT2D eigenvalue weighted by Gasteiger charge is 2.11. The van der Waals surface area contributed by atoms with Gasteiger partial charge in [0.1, 0.15) is 0 Å². The third-order valence-corrected chi connectivity index (χ3v) is 4.93. The number of hydrazone groups is 1. The van der Waals surface area contributed by atoms with Gasteiger partial charge in [0.2, 0.25) is 5.16 Å². The van der Waals surface area contributed by atoms with Gasteiger partial charge in [0, 0.05) is 0 Å². The van der Waals surface area contributed by atoms with Crippen LogP contribution in [-0.4, -0.2) is 64.4 Å². The number of tetrazole rings is 1. The number of ether oxygens (including phenoxy) is 3. The van der Waals surface area contributed by atoms with Gasteiger partial charge in [0.15, 0.2) is 18.1 Å². The lowest BCUT2D eigenvalue weighted by atomic mass is 10.2. The van der Waals surface area contributed by atoms with Crippen LogP contribution in [0.1, 0.15) is 12.5 Å². The van der Waals surface area contributed by atoms with Gasteiger partial charge < -0.3 is 14.2 Å². The summed E-state index contributed by atoms with van der Waals surface area (Å²) in [6.45, 7) is 1.78. The normalized spacial score (nSPS) is 10.7. The van der Waals surface area contributed by atoms with Gasteiger partial charge in [0.25, 0.3) is 5.91 Å². The fourth-order valence-corrected chi connectivity index (χ4v) is 3.25. The number of carbonyl (C=O) groups is 2. The third-order valence-electron chi connectivity index (χ3n) is 4.02. The molecule has 0 radical (unpaired) electrons. The zero-order valence-electron chi connectivity index (χ0n) is 18.0. The third kappa shape index (κ3) is 7.04. The highest BCUT2D eigenvalue weighted by Crippen LogP contribution is 2.27. The summed E-state index contributed by atoms with van der Waals surface area (Å²) in [6.07, 6.45) is 1.47. The summed E-state index contributed by atoms with van der Waals surface area (Å²) in [6, 6.07) is 14.4. The van der Waals surface area contributed by atoms with Gasteiger partial charge >= 0.3 is 5.97 Å². The monoisotopic (exact) mass is 470 g/mol. The van der Waals surface area contributed by atoms with Crippen molar-refractivity contribution in [3.05, 3.63) is 54.1 Å². The Labute approximate surface area is 194 Å². The number of benzene rings is 2. The van der Waals surface area contributed by atoms with E-state index in [9.17, 15) is 9.59 Å². The summed E-state index contributed by atoms with van der Waals surface area (Å²) < 4.78 is 17.1. The van der Waals surface area contributed by atoms with Crippen LogP contribution in [0.25, 0.3) is 5.69 Å². The lowest BCUT2D eigenvalue weighted by molar-refractivity contribution is -0.145. The first kappa shape index (κ1) is 23.7. The molecule has 172 valence electrons. The number of aromatic nitrogens is 4. The zero-order chi connectivity index (χ0) is 23.5. The molecule has 0 bridgehead atoms. The van der Waals surface area contributed by atoms with Gasteiger partial charge in [-0.2, -0.15) is 9.78 Å². The minimum Gasteiger partial charge on any atom is -0.493 e. The minimum absolute atomic E-state index is 0.0779. The van der Waals surface area contributed by atoms with E-state index >= 15 is 0 Å². The number of nitrogens with one attached hydrogen (secondary N) is 1. The van der Waals surface area contributed by atoms with Crippen LogP contribution in [0.4, 0.5) is 0 Å². The van der Waals surface area contributed by atoms with Gasteiger partial charge in [-0.1, -0.05) is 30.0 Å². The molecule has 11 nitrogen and oxygen atoms in total. The molecule has 3 rings (SSSR count). The molecule has 33 heavy (non-hydrogen) atoms. The van der Waals surface area contributed by atoms with Crippen molar-refractivity contribution >= 4 is 29.9 Å². The molecule has 0 spiro atoms. The van der Waals surface area contributed by atoms with Crippen LogP contribution in [0.2, 0.25) is 0 Å². The fourth-order valence-electron chi connectivity index (χ4n) is 2.56. The maximum Gasteiger partial charge on any atom is 0.344 e. The minimum atomic E-state index is -0.469. The zero-order valence-corrected chi connectivity index (χ0v) is 18.8. The average molecular weight is 471 g/mol. The van der Waals surface area contributed by atoms with Gasteiger partial charge in [-0.25, -0.2) is 10.2 Å². The van der Waals surface area contributed by atoms with Gasteiger partial charge in [-0.15, -0.1) is 5.10 Å². The van der Waals surface area contributed by atoms with Crippen molar-refractivity contribution in [2.75, 3.05) is 26.1 Å². The van der Waals surface area contributed by atoms with Crippen LogP contribution < -0.4 is 14.9 Å². The predicted octanol–water partition coefficient (Wildman–Crippen LogP) is 1.86. The molecule has 0 saturated heterocycles. The van der Waals surface area contributed by atoms with E-state index < -0.39 is 5.97 Å². The number of thioether (sulfide) groups is 1. The van der Waals surface area contributed by atoms with Gasteiger partial charge in [-0.3, -0.25) is 4.79 Å². The van der Waals surface area contributed by atoms with Crippen molar-refractivity contribution in [3.8, 4) is 17.2 Å². The molecule has 1 amide bonds. The smallest absolute Gasteiger partial charge is 0.344 e. The molecular formula is C21H22N6O5S. The van der Waals surface area contributed by atoms with E-state index in [-0.39, 0.29) is 24.9 Å². The van der Waals surface area contributed by atoms with Crippen molar-refractivity contribution in [2.24, 2.45) is 5.10 Å². The average Bonchev–Trinajstić information content (AvgIpc) is 3.31. The second-order valence-corrected chi connectivity index (χ2v) is 7.24. The Hall–Kier alpha value is -3.93. The Balaban J connectivity index is 1.51. The highest BCUT2D eigenvalue weighted by molar-refractivity contribution is 7.99. The molecule has 1 aromatic heterocycles. The molecule has 0 fully saturated rings. The Bertz CT molecular complexity index is 1110. The van der Waals surface area contributed by atoms with E-state index in [0.29, 0.717) is 22.2 Å². The lowest BCUT2D eigenvalue weighted by Gasteiger charge is -2.10. The Morgan fingerprint density at radius 1 is 1.18 bits per heavy atom. The molecule has 0 aliphatic carbocycles. The molecule has 0 atom stereocenters. The van der Waals surface area contributed by atoms with Gasteiger partial charge in [0.05, 0.1) is 31.4 Å². The Morgan fingerprint density at radius 3 is 2.76 bits per heavy atom. The SMILES string of the molecule is CCOC(=O)COc1ccc(C=NNC(=O)CSc2nnnn2-c2ccccc2)cc1OC. The van der Waals surface area contributed by atoms with E-state index in [1.54, 1.807) is 29.8 Å². The van der Waals surface area contributed by atoms with E-state index in [2.05, 4.69) is 26.1 Å². The number of amides is 1. The number of nitrogens with zero attached hydrogens (tertiary/aromatic N) is 5. The summed E-state index contributed by atoms with van der Waals surface area (Å²) in [5.74, 6) is 0.0926. The van der Waals surface area contributed by atoms with E-state index in [1.165, 1.54) is 25.1 Å². The number of methoxy groups -OCH3 is 1. The number of carbonyl (C=O) groups excluding carboxylic acids is 2. The summed E-state index contributed by atoms with van der Waals surface area (Å²) in [7, 11) is 1.48. The quantitative estimate of drug-likeness (QED) is 0.193. The van der Waals surface area contributed by atoms with Crippen LogP contribution in [0.5, 0.6) is 11.5 Å². The number of para-hydroxylation sites is 1. The van der Waals surface area contributed by atoms with Crippen LogP contribution in [-0.2, 0) is 14.3 Å². The van der Waals surface area contributed by atoms with Crippen molar-refractivity contribution in [3.63, 3.8) is 0 Å². The van der Waals surface area contributed by atoms with Crippen molar-refractivity contribution in [1.82, 2.24) is 25.6 Å². The number of rotatable bonds is 11. The second-order valence-electron chi connectivity index (χ2n) is 6.29. The summed E-state index contributed by atoms with van der Waals surface area (Å²) >= 11 is 1.19. The van der Waals surface area contributed by atoms with Crippen molar-refractivity contribution < 1.29 is 23.8 Å². The van der Waals surface area contributed by atoms with E-state index in [0.717, 1.165) is 5.69 Å². The largest absolute Gasteiger partial charge is 0.493 e. The molecule has 3 aromatic rings. The van der Waals surface area contributed by atoms with Crippen LogP contribution in [0.3, 0.4) is 0 Å². The molecule has 12 heteroatoms. The molecule has 0 aliphatic heterocycles. The van der Waals surface area contributed by atoms with Crippen LogP contribution in [0, 0.1) is 0 Å².